The number of nitrogens with one attached hydrogen (secondary N) is 1. The zero-order valence-corrected chi connectivity index (χ0v) is 21.8. The first-order valence-corrected chi connectivity index (χ1v) is 13.1. The number of likely N-dealkylation sites (tertiary alicyclic amines) is 1. The molecule has 2 amide bonds. The third kappa shape index (κ3) is 4.89. The minimum absolute atomic E-state index is 0.0486. The largest absolute Gasteiger partial charge is 0.355 e. The van der Waals surface area contributed by atoms with Gasteiger partial charge in [-0.3, -0.25) is 14.6 Å². The number of halogens is 3. The van der Waals surface area contributed by atoms with Crippen LogP contribution in [0.5, 0.6) is 0 Å². The van der Waals surface area contributed by atoms with Gasteiger partial charge in [0.15, 0.2) is 5.82 Å². The normalized spacial score (nSPS) is 24.6. The van der Waals surface area contributed by atoms with Crippen LogP contribution in [0.15, 0.2) is 36.5 Å². The fraction of sp³-hybridized carbons (Fsp3) is 0.464. The summed E-state index contributed by atoms with van der Waals surface area (Å²) >= 11 is 5.88. The summed E-state index contributed by atoms with van der Waals surface area (Å²) in [6.07, 6.45) is 5.45. The fourth-order valence-electron chi connectivity index (χ4n) is 5.97. The number of carbonyl (C=O) groups is 2. The number of carbonyl (C=O) groups excluding carboxylic acids is 2. The monoisotopic (exact) mass is 528 g/mol. The molecule has 6 nitrogen and oxygen atoms in total. The lowest BCUT2D eigenvalue weighted by atomic mass is 9.73. The van der Waals surface area contributed by atoms with Gasteiger partial charge in [-0.15, -0.1) is 0 Å². The summed E-state index contributed by atoms with van der Waals surface area (Å²) in [4.78, 5) is 34.8. The average molecular weight is 529 g/mol. The Labute approximate surface area is 220 Å². The molecule has 196 valence electrons. The van der Waals surface area contributed by atoms with E-state index in [0.717, 1.165) is 36.8 Å². The van der Waals surface area contributed by atoms with Crippen LogP contribution in [0.2, 0.25) is 5.02 Å². The van der Waals surface area contributed by atoms with Crippen molar-refractivity contribution in [2.75, 3.05) is 33.2 Å². The Morgan fingerprint density at radius 3 is 2.68 bits per heavy atom. The molecule has 1 N–H and O–H groups in total. The lowest BCUT2D eigenvalue weighted by Crippen LogP contribution is -2.62. The van der Waals surface area contributed by atoms with Gasteiger partial charge >= 0.3 is 0 Å². The Hall–Kier alpha value is -2.84. The molecule has 0 saturated carbocycles. The summed E-state index contributed by atoms with van der Waals surface area (Å²) in [5, 5.41) is 2.98. The molecular formula is C28H31ClF2N4O2. The summed E-state index contributed by atoms with van der Waals surface area (Å²) in [6.45, 7) is 4.43. The zero-order chi connectivity index (χ0) is 26.3. The van der Waals surface area contributed by atoms with E-state index in [9.17, 15) is 18.4 Å². The highest BCUT2D eigenvalue weighted by atomic mass is 35.5. The van der Waals surface area contributed by atoms with Crippen LogP contribution < -0.4 is 5.32 Å². The number of hydrogen-bond donors (Lipinski definition) is 1. The number of nitrogens with zero attached hydrogens (tertiary/aromatic N) is 3. The van der Waals surface area contributed by atoms with E-state index in [4.69, 9.17) is 11.6 Å². The molecule has 1 aromatic heterocycles. The summed E-state index contributed by atoms with van der Waals surface area (Å²) in [5.74, 6) is -1.99. The molecule has 2 aromatic rings. The molecule has 1 spiro atoms. The van der Waals surface area contributed by atoms with Gasteiger partial charge in [-0.05, 0) is 61.7 Å². The summed E-state index contributed by atoms with van der Waals surface area (Å²) in [6, 6.07) is 6.05. The Kier molecular flexibility index (Phi) is 7.07. The Morgan fingerprint density at radius 2 is 1.95 bits per heavy atom. The molecule has 2 bridgehead atoms. The molecule has 0 radical (unpaired) electrons. The number of benzene rings is 1. The highest BCUT2D eigenvalue weighted by Gasteiger charge is 2.44. The summed E-state index contributed by atoms with van der Waals surface area (Å²) < 4.78 is 29.1. The molecule has 1 aromatic carbocycles. The van der Waals surface area contributed by atoms with Gasteiger partial charge in [0.1, 0.15) is 5.82 Å². The van der Waals surface area contributed by atoms with Gasteiger partial charge in [0.25, 0.3) is 0 Å². The quantitative estimate of drug-likeness (QED) is 0.583. The van der Waals surface area contributed by atoms with E-state index in [0.29, 0.717) is 37.9 Å². The van der Waals surface area contributed by atoms with E-state index in [1.165, 1.54) is 12.1 Å². The van der Waals surface area contributed by atoms with Gasteiger partial charge in [-0.1, -0.05) is 24.9 Å². The third-order valence-corrected chi connectivity index (χ3v) is 8.28. The molecule has 0 aliphatic carbocycles. The van der Waals surface area contributed by atoms with Crippen LogP contribution in [-0.4, -0.2) is 59.8 Å². The predicted molar refractivity (Wildman–Crippen MR) is 138 cm³/mol. The fourth-order valence-corrected chi connectivity index (χ4v) is 6.13. The minimum atomic E-state index is -0.849. The molecule has 2 unspecified atom stereocenters. The van der Waals surface area contributed by atoms with Crippen molar-refractivity contribution in [3.05, 3.63) is 70.0 Å². The smallest absolute Gasteiger partial charge is 0.247 e. The van der Waals surface area contributed by atoms with Crippen molar-refractivity contribution in [2.45, 2.75) is 44.1 Å². The number of hydrogen-bond acceptors (Lipinski definition) is 4. The van der Waals surface area contributed by atoms with E-state index < -0.39 is 11.6 Å². The van der Waals surface area contributed by atoms with E-state index in [1.807, 2.05) is 13.0 Å². The third-order valence-electron chi connectivity index (χ3n) is 7.99. The highest BCUT2D eigenvalue weighted by molar-refractivity contribution is 6.31. The Morgan fingerprint density at radius 1 is 1.16 bits per heavy atom. The van der Waals surface area contributed by atoms with Crippen molar-refractivity contribution in [3.63, 3.8) is 0 Å². The molecule has 3 aliphatic heterocycles. The molecule has 1 saturated heterocycles. The average Bonchev–Trinajstić information content (AvgIpc) is 2.86. The molecule has 3 aliphatic rings. The first-order valence-electron chi connectivity index (χ1n) is 12.8. The second-order valence-electron chi connectivity index (χ2n) is 10.7. The van der Waals surface area contributed by atoms with E-state index in [2.05, 4.69) is 28.3 Å². The van der Waals surface area contributed by atoms with Gasteiger partial charge in [-0.25, -0.2) is 8.78 Å². The topological polar surface area (TPSA) is 65.5 Å². The molecule has 1 fully saturated rings. The van der Waals surface area contributed by atoms with Gasteiger partial charge in [0, 0.05) is 49.8 Å². The zero-order valence-electron chi connectivity index (χ0n) is 21.1. The maximum absolute atomic E-state index is 14.6. The second kappa shape index (κ2) is 10.1. The number of pyridine rings is 1. The molecule has 5 rings (SSSR count). The number of likely N-dealkylation sites (N-methyl/N-ethyl adjacent to an activating group) is 1. The van der Waals surface area contributed by atoms with Crippen LogP contribution in [0.25, 0.3) is 5.57 Å². The minimum Gasteiger partial charge on any atom is -0.355 e. The Bertz CT molecular complexity index is 1260. The van der Waals surface area contributed by atoms with Crippen molar-refractivity contribution in [2.24, 2.45) is 5.92 Å². The van der Waals surface area contributed by atoms with Crippen LogP contribution in [0, 0.1) is 17.6 Å². The van der Waals surface area contributed by atoms with Crippen molar-refractivity contribution >= 4 is 29.0 Å². The number of amides is 2. The van der Waals surface area contributed by atoms with E-state index in [1.54, 1.807) is 11.1 Å². The van der Waals surface area contributed by atoms with Gasteiger partial charge < -0.3 is 15.1 Å². The standard InChI is InChI=1S/C28H31ClF2N4O2/c1-17-4-3-5-23(22-13-19(8-10-32-22)28(14-33-27(17)37)15-34(2)16-28)35-11-9-18(12-24(35)36)25-21(30)7-6-20(29)26(25)31/h6-8,10,12-13,17,23H,3-5,9,11,14-16H2,1-2H3,(H,33,37). The van der Waals surface area contributed by atoms with Crippen molar-refractivity contribution < 1.29 is 18.4 Å². The predicted octanol–water partition coefficient (Wildman–Crippen LogP) is 4.49. The molecule has 37 heavy (non-hydrogen) atoms. The molecule has 9 heteroatoms. The van der Waals surface area contributed by atoms with Crippen LogP contribution in [0.4, 0.5) is 8.78 Å². The lowest BCUT2D eigenvalue weighted by Gasteiger charge is -2.49. The SMILES string of the molecule is CC1CCCC(N2CCC(c3c(F)ccc(Cl)c3F)=CC2=O)c2cc(ccn2)C2(CNC1=O)CN(C)C2. The number of aromatic nitrogens is 1. The van der Waals surface area contributed by atoms with Crippen LogP contribution in [-0.2, 0) is 15.0 Å². The molecule has 2 atom stereocenters. The van der Waals surface area contributed by atoms with E-state index >= 15 is 0 Å². The van der Waals surface area contributed by atoms with Gasteiger partial charge in [0.2, 0.25) is 11.8 Å². The van der Waals surface area contributed by atoms with E-state index in [-0.39, 0.29) is 39.8 Å². The number of rotatable bonds is 2. The lowest BCUT2D eigenvalue weighted by molar-refractivity contribution is -0.129. The second-order valence-corrected chi connectivity index (χ2v) is 11.1. The molecular weight excluding hydrogens is 498 g/mol. The summed E-state index contributed by atoms with van der Waals surface area (Å²) in [7, 11) is 2.05. The Balaban J connectivity index is 1.49. The van der Waals surface area contributed by atoms with Crippen molar-refractivity contribution in [1.82, 2.24) is 20.1 Å². The highest BCUT2D eigenvalue weighted by Crippen LogP contribution is 2.38. The van der Waals surface area contributed by atoms with Gasteiger partial charge in [-0.2, -0.15) is 0 Å². The molecule has 4 heterocycles. The van der Waals surface area contributed by atoms with Crippen molar-refractivity contribution in [3.8, 4) is 0 Å². The van der Waals surface area contributed by atoms with Crippen molar-refractivity contribution in [1.29, 1.82) is 0 Å². The maximum Gasteiger partial charge on any atom is 0.247 e. The first kappa shape index (κ1) is 25.8. The van der Waals surface area contributed by atoms with Crippen LogP contribution in [0.3, 0.4) is 0 Å². The number of fused-ring (bicyclic) bond motifs is 3. The van der Waals surface area contributed by atoms with Gasteiger partial charge in [0.05, 0.1) is 22.3 Å². The van der Waals surface area contributed by atoms with Crippen LogP contribution in [0.1, 0.15) is 55.5 Å². The van der Waals surface area contributed by atoms with Crippen LogP contribution >= 0.6 is 11.6 Å². The summed E-state index contributed by atoms with van der Waals surface area (Å²) in [5.41, 5.74) is 1.76. The first-order chi connectivity index (χ1) is 17.7. The maximum atomic E-state index is 14.6.